The highest BCUT2D eigenvalue weighted by molar-refractivity contribution is 5.90. The highest BCUT2D eigenvalue weighted by Gasteiger charge is 2.51. The van der Waals surface area contributed by atoms with Crippen LogP contribution in [0.1, 0.15) is 44.1 Å². The fourth-order valence-corrected chi connectivity index (χ4v) is 2.81. The Morgan fingerprint density at radius 2 is 1.84 bits per heavy atom. The molecule has 3 rings (SSSR count). The Morgan fingerprint density at radius 3 is 2.42 bits per heavy atom. The van der Waals surface area contributed by atoms with Gasteiger partial charge in [0.05, 0.1) is 11.5 Å². The summed E-state index contributed by atoms with van der Waals surface area (Å²) in [5.74, 6) is -0.0100. The van der Waals surface area contributed by atoms with Gasteiger partial charge < -0.3 is 5.73 Å². The van der Waals surface area contributed by atoms with Crippen molar-refractivity contribution in [1.82, 2.24) is 5.48 Å². The number of rotatable bonds is 4. The largest absolute Gasteiger partial charge is 0.399 e. The first-order valence-corrected chi connectivity index (χ1v) is 7.03. The Kier molecular flexibility index (Phi) is 3.19. The van der Waals surface area contributed by atoms with Gasteiger partial charge in [0, 0.05) is 5.69 Å². The van der Waals surface area contributed by atoms with Gasteiger partial charge in [-0.1, -0.05) is 25.0 Å². The minimum atomic E-state index is -0.383. The van der Waals surface area contributed by atoms with E-state index in [9.17, 15) is 4.79 Å². The van der Waals surface area contributed by atoms with E-state index < -0.39 is 0 Å². The van der Waals surface area contributed by atoms with Crippen LogP contribution in [0.5, 0.6) is 0 Å². The maximum absolute atomic E-state index is 12.3. The van der Waals surface area contributed by atoms with E-state index in [1.54, 1.807) is 0 Å². The molecule has 0 bridgehead atoms. The number of hydrogen-bond donors (Lipinski definition) is 2. The third-order valence-electron chi connectivity index (χ3n) is 4.27. The number of amides is 1. The SMILES string of the molecule is Nc1ccc(C2(C(=O)NOC3CCCC3)CC2)cc1. The van der Waals surface area contributed by atoms with Gasteiger partial charge in [0.2, 0.25) is 0 Å². The molecule has 0 unspecified atom stereocenters. The summed E-state index contributed by atoms with van der Waals surface area (Å²) in [6.45, 7) is 0. The van der Waals surface area contributed by atoms with E-state index in [-0.39, 0.29) is 17.4 Å². The molecule has 1 aromatic carbocycles. The van der Waals surface area contributed by atoms with Crippen molar-refractivity contribution >= 4 is 11.6 Å². The molecule has 2 aliphatic rings. The third kappa shape index (κ3) is 2.45. The molecule has 0 aliphatic heterocycles. The molecule has 0 atom stereocenters. The van der Waals surface area contributed by atoms with Gasteiger partial charge in [0.1, 0.15) is 0 Å². The van der Waals surface area contributed by atoms with Gasteiger partial charge in [-0.05, 0) is 43.4 Å². The van der Waals surface area contributed by atoms with Crippen LogP contribution in [0.2, 0.25) is 0 Å². The third-order valence-corrected chi connectivity index (χ3v) is 4.27. The molecule has 2 fully saturated rings. The average Bonchev–Trinajstić information content (AvgIpc) is 3.07. The van der Waals surface area contributed by atoms with Crippen LogP contribution >= 0.6 is 0 Å². The van der Waals surface area contributed by atoms with Crippen molar-refractivity contribution in [1.29, 1.82) is 0 Å². The highest BCUT2D eigenvalue weighted by Crippen LogP contribution is 2.48. The summed E-state index contributed by atoms with van der Waals surface area (Å²) < 4.78 is 0. The number of benzene rings is 1. The number of carbonyl (C=O) groups is 1. The molecule has 4 nitrogen and oxygen atoms in total. The Labute approximate surface area is 113 Å². The van der Waals surface area contributed by atoms with Gasteiger partial charge in [0.15, 0.2) is 0 Å². The van der Waals surface area contributed by atoms with Gasteiger partial charge in [0.25, 0.3) is 5.91 Å². The molecule has 2 aliphatic carbocycles. The van der Waals surface area contributed by atoms with Crippen molar-refractivity contribution in [3.05, 3.63) is 29.8 Å². The maximum atomic E-state index is 12.3. The normalized spacial score (nSPS) is 21.3. The summed E-state index contributed by atoms with van der Waals surface area (Å²) in [6.07, 6.45) is 6.47. The summed E-state index contributed by atoms with van der Waals surface area (Å²) >= 11 is 0. The molecule has 0 radical (unpaired) electrons. The van der Waals surface area contributed by atoms with Gasteiger partial charge >= 0.3 is 0 Å². The number of carbonyl (C=O) groups excluding carboxylic acids is 1. The first kappa shape index (κ1) is 12.5. The Hall–Kier alpha value is -1.55. The first-order chi connectivity index (χ1) is 9.21. The van der Waals surface area contributed by atoms with Gasteiger partial charge in [-0.3, -0.25) is 9.63 Å². The number of nitrogen functional groups attached to an aromatic ring is 1. The average molecular weight is 260 g/mol. The van der Waals surface area contributed by atoms with Crippen molar-refractivity contribution in [2.24, 2.45) is 0 Å². The van der Waals surface area contributed by atoms with Crippen molar-refractivity contribution < 1.29 is 9.63 Å². The van der Waals surface area contributed by atoms with Crippen molar-refractivity contribution in [2.75, 3.05) is 5.73 Å². The molecule has 19 heavy (non-hydrogen) atoms. The van der Waals surface area contributed by atoms with Gasteiger partial charge in [-0.2, -0.15) is 0 Å². The summed E-state index contributed by atoms with van der Waals surface area (Å²) in [5, 5.41) is 0. The molecule has 0 aromatic heterocycles. The molecule has 102 valence electrons. The molecule has 1 amide bonds. The zero-order chi connectivity index (χ0) is 13.3. The minimum absolute atomic E-state index is 0.0100. The van der Waals surface area contributed by atoms with Crippen LogP contribution in [0, 0.1) is 0 Å². The lowest BCUT2D eigenvalue weighted by Gasteiger charge is -2.18. The predicted octanol–water partition coefficient (Wildman–Crippen LogP) is 2.29. The smallest absolute Gasteiger partial charge is 0.254 e. The predicted molar refractivity (Wildman–Crippen MR) is 73.3 cm³/mol. The number of hydroxylamine groups is 1. The molecule has 0 heterocycles. The summed E-state index contributed by atoms with van der Waals surface area (Å²) in [5.41, 5.74) is 9.73. The van der Waals surface area contributed by atoms with E-state index in [0.29, 0.717) is 0 Å². The summed E-state index contributed by atoms with van der Waals surface area (Å²) in [6, 6.07) is 7.58. The lowest BCUT2D eigenvalue weighted by atomic mass is 9.95. The van der Waals surface area contributed by atoms with Crippen molar-refractivity contribution in [2.45, 2.75) is 50.0 Å². The topological polar surface area (TPSA) is 64.4 Å². The van der Waals surface area contributed by atoms with Crippen LogP contribution in [0.4, 0.5) is 5.69 Å². The number of hydrogen-bond acceptors (Lipinski definition) is 3. The molecule has 0 spiro atoms. The van der Waals surface area contributed by atoms with E-state index in [1.165, 1.54) is 12.8 Å². The van der Waals surface area contributed by atoms with Gasteiger partial charge in [-0.15, -0.1) is 0 Å². The Balaban J connectivity index is 1.63. The Morgan fingerprint density at radius 1 is 1.21 bits per heavy atom. The molecular formula is C15H20N2O2. The van der Waals surface area contributed by atoms with Crippen LogP contribution in [-0.4, -0.2) is 12.0 Å². The lowest BCUT2D eigenvalue weighted by molar-refractivity contribution is -0.140. The molecular weight excluding hydrogens is 240 g/mol. The molecule has 3 N–H and O–H groups in total. The summed E-state index contributed by atoms with van der Waals surface area (Å²) in [7, 11) is 0. The van der Waals surface area contributed by atoms with E-state index in [4.69, 9.17) is 10.6 Å². The monoisotopic (exact) mass is 260 g/mol. The fraction of sp³-hybridized carbons (Fsp3) is 0.533. The first-order valence-electron chi connectivity index (χ1n) is 7.03. The highest BCUT2D eigenvalue weighted by atomic mass is 16.7. The second kappa shape index (κ2) is 4.85. The number of nitrogens with two attached hydrogens (primary N) is 1. The van der Waals surface area contributed by atoms with Crippen LogP contribution in [-0.2, 0) is 15.0 Å². The van der Waals surface area contributed by atoms with Crippen molar-refractivity contribution in [3.8, 4) is 0 Å². The summed E-state index contributed by atoms with van der Waals surface area (Å²) in [4.78, 5) is 17.8. The zero-order valence-corrected chi connectivity index (χ0v) is 11.0. The van der Waals surface area contributed by atoms with Crippen molar-refractivity contribution in [3.63, 3.8) is 0 Å². The molecule has 2 saturated carbocycles. The second-order valence-electron chi connectivity index (χ2n) is 5.66. The second-order valence-corrected chi connectivity index (χ2v) is 5.66. The van der Waals surface area contributed by atoms with E-state index in [2.05, 4.69) is 5.48 Å². The van der Waals surface area contributed by atoms with Crippen LogP contribution < -0.4 is 11.2 Å². The zero-order valence-electron chi connectivity index (χ0n) is 11.0. The van der Waals surface area contributed by atoms with Crippen LogP contribution in [0.3, 0.4) is 0 Å². The molecule has 1 aromatic rings. The van der Waals surface area contributed by atoms with E-state index in [1.807, 2.05) is 24.3 Å². The molecule has 0 saturated heterocycles. The minimum Gasteiger partial charge on any atom is -0.399 e. The van der Waals surface area contributed by atoms with E-state index in [0.717, 1.165) is 36.9 Å². The standard InChI is InChI=1S/C15H20N2O2/c16-12-7-5-11(6-8-12)15(9-10-15)14(18)17-19-13-3-1-2-4-13/h5-8,13H,1-4,9-10,16H2,(H,17,18). The Bertz CT molecular complexity index is 460. The quantitative estimate of drug-likeness (QED) is 0.645. The lowest BCUT2D eigenvalue weighted by Crippen LogP contribution is -2.37. The van der Waals surface area contributed by atoms with Crippen LogP contribution in [0.15, 0.2) is 24.3 Å². The number of anilines is 1. The van der Waals surface area contributed by atoms with E-state index >= 15 is 0 Å². The molecule has 4 heteroatoms. The number of nitrogens with one attached hydrogen (secondary N) is 1. The van der Waals surface area contributed by atoms with Gasteiger partial charge in [-0.25, -0.2) is 5.48 Å². The maximum Gasteiger partial charge on any atom is 0.254 e. The fourth-order valence-electron chi connectivity index (χ4n) is 2.81. The van der Waals surface area contributed by atoms with Crippen LogP contribution in [0.25, 0.3) is 0 Å².